The van der Waals surface area contributed by atoms with Gasteiger partial charge in [0.25, 0.3) is 0 Å². The summed E-state index contributed by atoms with van der Waals surface area (Å²) < 4.78 is 26.1. The summed E-state index contributed by atoms with van der Waals surface area (Å²) in [5, 5.41) is 9.31. The number of likely N-dealkylation sites (tertiary alicyclic amines) is 1. The maximum absolute atomic E-state index is 9.31. The van der Waals surface area contributed by atoms with E-state index in [-0.39, 0.29) is 19.2 Å². The highest BCUT2D eigenvalue weighted by Crippen LogP contribution is 2.09. The van der Waals surface area contributed by atoms with E-state index in [0.29, 0.717) is 0 Å². The number of nitrogens with zero attached hydrogens (tertiary/aromatic N) is 1. The van der Waals surface area contributed by atoms with Crippen LogP contribution in [0.15, 0.2) is 0 Å². The molecular formula is C6H13NO2. The standard InChI is InChI=1S/C6H13NO2/c1-7-3-5(8)6(4-7)9-2/h5-6,8H,3-4H2,1-2H3/t5-,6-/m1/s1/i1D3. The first-order chi connectivity index (χ1) is 5.45. The lowest BCUT2D eigenvalue weighted by Crippen LogP contribution is -2.25. The Bertz CT molecular complexity index is 161. The minimum Gasteiger partial charge on any atom is -0.389 e. The van der Waals surface area contributed by atoms with E-state index in [1.807, 2.05) is 0 Å². The van der Waals surface area contributed by atoms with Crippen molar-refractivity contribution in [3.05, 3.63) is 0 Å². The summed E-state index contributed by atoms with van der Waals surface area (Å²) in [4.78, 5) is 1.24. The molecule has 0 unspecified atom stereocenters. The lowest BCUT2D eigenvalue weighted by atomic mass is 10.3. The zero-order valence-electron chi connectivity index (χ0n) is 8.37. The van der Waals surface area contributed by atoms with Crippen LogP contribution in [0.1, 0.15) is 4.11 Å². The molecule has 1 fully saturated rings. The first-order valence-electron chi connectivity index (χ1n) is 4.41. The second-order valence-electron chi connectivity index (χ2n) is 2.25. The summed E-state index contributed by atoms with van der Waals surface area (Å²) >= 11 is 0. The molecule has 1 heterocycles. The van der Waals surface area contributed by atoms with Crippen molar-refractivity contribution in [2.24, 2.45) is 0 Å². The molecule has 0 aromatic rings. The number of hydrogen-bond acceptors (Lipinski definition) is 3. The average molecular weight is 134 g/mol. The van der Waals surface area contributed by atoms with Crippen molar-refractivity contribution in [2.45, 2.75) is 12.2 Å². The molecule has 1 rings (SSSR count). The first kappa shape index (κ1) is 3.91. The van der Waals surface area contributed by atoms with Gasteiger partial charge in [-0.05, 0) is 6.98 Å². The third kappa shape index (κ3) is 1.41. The van der Waals surface area contributed by atoms with Crippen LogP contribution in [0, 0.1) is 0 Å². The number of β-amino-alcohol motifs (C(OH)–C–C–N with tert-alkyl or cyclic N) is 1. The predicted octanol–water partition coefficient (Wildman–Crippen LogP) is -0.692. The summed E-state index contributed by atoms with van der Waals surface area (Å²) in [6.07, 6.45) is -1.05. The minimum absolute atomic E-state index is 0.162. The molecule has 1 aliphatic rings. The predicted molar refractivity (Wildman–Crippen MR) is 34.3 cm³/mol. The van der Waals surface area contributed by atoms with Gasteiger partial charge in [-0.3, -0.25) is 0 Å². The highest BCUT2D eigenvalue weighted by molar-refractivity contribution is 4.81. The molecule has 9 heavy (non-hydrogen) atoms. The SMILES string of the molecule is [2H]C([2H])([2H])N1C[C@@H](O)[C@H](OC)C1. The molecule has 3 heteroatoms. The molecule has 54 valence electrons. The Kier molecular flexibility index (Phi) is 1.15. The minimum atomic E-state index is -2.12. The summed E-state index contributed by atoms with van der Waals surface area (Å²) in [5.74, 6) is 0. The van der Waals surface area contributed by atoms with E-state index in [2.05, 4.69) is 0 Å². The zero-order chi connectivity index (χ0) is 9.35. The molecule has 3 nitrogen and oxygen atoms in total. The molecule has 0 bridgehead atoms. The highest BCUT2D eigenvalue weighted by Gasteiger charge is 2.28. The van der Waals surface area contributed by atoms with E-state index in [0.717, 1.165) is 0 Å². The van der Waals surface area contributed by atoms with Gasteiger partial charge in [0, 0.05) is 24.3 Å². The average Bonchev–Trinajstić information content (AvgIpc) is 2.29. The normalized spacial score (nSPS) is 44.0. The Labute approximate surface area is 59.4 Å². The monoisotopic (exact) mass is 134 g/mol. The number of aliphatic hydroxyl groups excluding tert-OH is 1. The largest absolute Gasteiger partial charge is 0.389 e. The Morgan fingerprint density at radius 1 is 1.78 bits per heavy atom. The number of ether oxygens (including phenoxy) is 1. The van der Waals surface area contributed by atoms with Gasteiger partial charge < -0.3 is 14.7 Å². The zero-order valence-corrected chi connectivity index (χ0v) is 5.37. The molecule has 0 saturated carbocycles. The van der Waals surface area contributed by atoms with Gasteiger partial charge in [-0.25, -0.2) is 0 Å². The lowest BCUT2D eigenvalue weighted by molar-refractivity contribution is 0.0215. The van der Waals surface area contributed by atoms with Gasteiger partial charge >= 0.3 is 0 Å². The van der Waals surface area contributed by atoms with Crippen LogP contribution >= 0.6 is 0 Å². The molecule has 0 spiro atoms. The van der Waals surface area contributed by atoms with Crippen molar-refractivity contribution in [3.63, 3.8) is 0 Å². The molecule has 1 N–H and O–H groups in total. The van der Waals surface area contributed by atoms with E-state index in [1.165, 1.54) is 12.0 Å². The fraction of sp³-hybridized carbons (Fsp3) is 1.00. The fourth-order valence-corrected chi connectivity index (χ4v) is 0.988. The van der Waals surface area contributed by atoms with Crippen molar-refractivity contribution < 1.29 is 14.0 Å². The summed E-state index contributed by atoms with van der Waals surface area (Å²) in [6.45, 7) is -1.68. The van der Waals surface area contributed by atoms with Crippen LogP contribution in [-0.4, -0.2) is 49.4 Å². The van der Waals surface area contributed by atoms with Crippen molar-refractivity contribution in [1.29, 1.82) is 0 Å². The molecular weight excluding hydrogens is 118 g/mol. The van der Waals surface area contributed by atoms with E-state index < -0.39 is 13.1 Å². The third-order valence-electron chi connectivity index (χ3n) is 1.54. The molecule has 0 aromatic heterocycles. The molecule has 0 radical (unpaired) electrons. The van der Waals surface area contributed by atoms with Gasteiger partial charge in [-0.2, -0.15) is 0 Å². The highest BCUT2D eigenvalue weighted by atomic mass is 16.5. The number of rotatable bonds is 1. The molecule has 0 amide bonds. The smallest absolute Gasteiger partial charge is 0.0969 e. The molecule has 1 saturated heterocycles. The van der Waals surface area contributed by atoms with Gasteiger partial charge in [-0.1, -0.05) is 0 Å². The van der Waals surface area contributed by atoms with Crippen LogP contribution in [-0.2, 0) is 4.74 Å². The van der Waals surface area contributed by atoms with Crippen LogP contribution in [0.4, 0.5) is 0 Å². The molecule has 0 aromatic carbocycles. The Morgan fingerprint density at radius 2 is 2.56 bits per heavy atom. The Morgan fingerprint density at radius 3 is 2.89 bits per heavy atom. The van der Waals surface area contributed by atoms with Gasteiger partial charge in [0.2, 0.25) is 0 Å². The van der Waals surface area contributed by atoms with E-state index >= 15 is 0 Å². The van der Waals surface area contributed by atoms with Crippen LogP contribution in [0.5, 0.6) is 0 Å². The summed E-state index contributed by atoms with van der Waals surface area (Å²) in [7, 11) is 1.47. The van der Waals surface area contributed by atoms with Crippen molar-refractivity contribution in [3.8, 4) is 0 Å². The van der Waals surface area contributed by atoms with Crippen molar-refractivity contribution in [1.82, 2.24) is 4.90 Å². The van der Waals surface area contributed by atoms with E-state index in [4.69, 9.17) is 8.85 Å². The topological polar surface area (TPSA) is 32.7 Å². The van der Waals surface area contributed by atoms with Gasteiger partial charge in [0.15, 0.2) is 0 Å². The molecule has 1 aliphatic heterocycles. The second-order valence-corrected chi connectivity index (χ2v) is 2.25. The first-order valence-corrected chi connectivity index (χ1v) is 2.91. The summed E-state index contributed by atoms with van der Waals surface area (Å²) in [6, 6.07) is 0. The number of aliphatic hydroxyl groups is 1. The lowest BCUT2D eigenvalue weighted by Gasteiger charge is -2.09. The second kappa shape index (κ2) is 2.64. The van der Waals surface area contributed by atoms with Crippen LogP contribution in [0.2, 0.25) is 0 Å². The van der Waals surface area contributed by atoms with E-state index in [9.17, 15) is 5.11 Å². The van der Waals surface area contributed by atoms with Crippen LogP contribution in [0.25, 0.3) is 0 Å². The van der Waals surface area contributed by atoms with Crippen molar-refractivity contribution >= 4 is 0 Å². The van der Waals surface area contributed by atoms with E-state index in [1.54, 1.807) is 0 Å². The molecule has 2 atom stereocenters. The number of likely N-dealkylation sites (N-methyl/N-ethyl adjacent to an activating group) is 1. The third-order valence-corrected chi connectivity index (χ3v) is 1.54. The van der Waals surface area contributed by atoms with Crippen LogP contribution < -0.4 is 0 Å². The van der Waals surface area contributed by atoms with Gasteiger partial charge in [0.05, 0.1) is 12.2 Å². The Hall–Kier alpha value is -0.120. The summed E-state index contributed by atoms with van der Waals surface area (Å²) in [5.41, 5.74) is 0. The Balaban J connectivity index is 2.54. The van der Waals surface area contributed by atoms with Crippen LogP contribution in [0.3, 0.4) is 0 Å². The quantitative estimate of drug-likeness (QED) is 0.515. The van der Waals surface area contributed by atoms with Gasteiger partial charge in [-0.15, -0.1) is 0 Å². The molecule has 0 aliphatic carbocycles. The fourth-order valence-electron chi connectivity index (χ4n) is 0.988. The van der Waals surface area contributed by atoms with Crippen molar-refractivity contribution in [2.75, 3.05) is 27.2 Å². The number of hydrogen-bond donors (Lipinski definition) is 1. The number of methoxy groups -OCH3 is 1. The maximum Gasteiger partial charge on any atom is 0.0969 e. The van der Waals surface area contributed by atoms with Gasteiger partial charge in [0.1, 0.15) is 0 Å². The maximum atomic E-state index is 9.31.